The van der Waals surface area contributed by atoms with Crippen LogP contribution in [0, 0.1) is 11.6 Å². The first-order valence-electron chi connectivity index (χ1n) is 5.27. The molecule has 1 N–H and O–H groups in total. The molecule has 0 bridgehead atoms. The van der Waals surface area contributed by atoms with Gasteiger partial charge in [-0.2, -0.15) is 0 Å². The summed E-state index contributed by atoms with van der Waals surface area (Å²) in [5.41, 5.74) is 0.396. The number of benzene rings is 1. The van der Waals surface area contributed by atoms with Crippen LogP contribution in [0.15, 0.2) is 22.7 Å². The summed E-state index contributed by atoms with van der Waals surface area (Å²) >= 11 is 0. The molecule has 1 aromatic carbocycles. The van der Waals surface area contributed by atoms with Crippen LogP contribution in [-0.2, 0) is 0 Å². The molecule has 19 heavy (non-hydrogen) atoms. The molecule has 0 aliphatic rings. The van der Waals surface area contributed by atoms with E-state index in [1.807, 2.05) is 0 Å². The minimum Gasteiger partial charge on any atom is -0.475 e. The molecule has 0 fully saturated rings. The van der Waals surface area contributed by atoms with Crippen molar-refractivity contribution in [3.63, 3.8) is 0 Å². The average molecular weight is 268 g/mol. The zero-order valence-electron chi connectivity index (χ0n) is 10.1. The second-order valence-electron chi connectivity index (χ2n) is 4.07. The van der Waals surface area contributed by atoms with Gasteiger partial charge in [0.1, 0.15) is 5.69 Å². The van der Waals surface area contributed by atoms with Crippen LogP contribution in [0.1, 0.15) is 10.6 Å². The molecular weight excluding hydrogens is 258 g/mol. The van der Waals surface area contributed by atoms with Crippen LogP contribution in [0.3, 0.4) is 0 Å². The fourth-order valence-corrected chi connectivity index (χ4v) is 1.56. The predicted octanol–water partition coefficient (Wildman–Crippen LogP) is 2.38. The molecule has 0 saturated carbocycles. The number of carboxylic acid groups (broad SMARTS) is 1. The molecule has 2 rings (SSSR count). The second-order valence-corrected chi connectivity index (χ2v) is 4.07. The molecule has 0 saturated heterocycles. The van der Waals surface area contributed by atoms with Gasteiger partial charge in [-0.3, -0.25) is 0 Å². The Labute approximate surface area is 107 Å². The van der Waals surface area contributed by atoms with Crippen LogP contribution >= 0.6 is 0 Å². The van der Waals surface area contributed by atoms with Gasteiger partial charge < -0.3 is 14.5 Å². The lowest BCUT2D eigenvalue weighted by Gasteiger charge is -2.14. The third-order valence-corrected chi connectivity index (χ3v) is 2.51. The summed E-state index contributed by atoms with van der Waals surface area (Å²) in [5.74, 6) is -3.67. The Morgan fingerprint density at radius 2 is 2.00 bits per heavy atom. The second kappa shape index (κ2) is 4.68. The first-order valence-corrected chi connectivity index (χ1v) is 5.27. The van der Waals surface area contributed by atoms with E-state index in [1.165, 1.54) is 11.0 Å². The number of hydrogen-bond donors (Lipinski definition) is 1. The van der Waals surface area contributed by atoms with E-state index < -0.39 is 17.6 Å². The maximum absolute atomic E-state index is 13.5. The molecule has 0 aliphatic carbocycles. The smallest absolute Gasteiger partial charge is 0.374 e. The summed E-state index contributed by atoms with van der Waals surface area (Å²) < 4.78 is 31.6. The Hall–Kier alpha value is -2.44. The molecular formula is C12H10F2N2O3. The number of aromatic nitrogens is 1. The fourth-order valence-electron chi connectivity index (χ4n) is 1.56. The Kier molecular flexibility index (Phi) is 3.20. The van der Waals surface area contributed by atoms with E-state index in [0.29, 0.717) is 0 Å². The molecule has 0 aliphatic heterocycles. The number of hydrogen-bond acceptors (Lipinski definition) is 4. The van der Waals surface area contributed by atoms with Gasteiger partial charge in [0.2, 0.25) is 5.76 Å². The van der Waals surface area contributed by atoms with Crippen LogP contribution in [0.2, 0.25) is 0 Å². The van der Waals surface area contributed by atoms with Gasteiger partial charge in [-0.15, -0.1) is 0 Å². The quantitative estimate of drug-likeness (QED) is 0.925. The minimum absolute atomic E-state index is 0.0369. The van der Waals surface area contributed by atoms with Crippen LogP contribution in [-0.4, -0.2) is 30.3 Å². The van der Waals surface area contributed by atoms with Gasteiger partial charge >= 0.3 is 5.97 Å². The predicted molar refractivity (Wildman–Crippen MR) is 63.1 cm³/mol. The summed E-state index contributed by atoms with van der Waals surface area (Å²) in [6.45, 7) is 0. The molecule has 0 atom stereocenters. The first-order chi connectivity index (χ1) is 8.90. The Bertz CT molecular complexity index is 638. The lowest BCUT2D eigenvalue weighted by Crippen LogP contribution is -2.11. The molecule has 2 aromatic rings. The standard InChI is InChI=1S/C12H10F2N2O3/c1-16(2)9-4-6(3-7(13)11(9)14)8-5-10(12(17)18)19-15-8/h3-5H,1-2H3,(H,17,18). The van der Waals surface area contributed by atoms with Gasteiger partial charge in [0, 0.05) is 25.7 Å². The normalized spacial score (nSPS) is 10.5. The molecule has 5 nitrogen and oxygen atoms in total. The maximum Gasteiger partial charge on any atom is 0.374 e. The van der Waals surface area contributed by atoms with Crippen molar-refractivity contribution in [1.82, 2.24) is 5.16 Å². The molecule has 0 unspecified atom stereocenters. The van der Waals surface area contributed by atoms with Gasteiger partial charge in [-0.25, -0.2) is 13.6 Å². The summed E-state index contributed by atoms with van der Waals surface area (Å²) in [7, 11) is 3.13. The van der Waals surface area contributed by atoms with Crippen molar-refractivity contribution in [1.29, 1.82) is 0 Å². The number of aromatic carboxylic acids is 1. The fraction of sp³-hybridized carbons (Fsp3) is 0.167. The van der Waals surface area contributed by atoms with Gasteiger partial charge in [-0.1, -0.05) is 5.16 Å². The van der Waals surface area contributed by atoms with Crippen molar-refractivity contribution in [2.75, 3.05) is 19.0 Å². The number of rotatable bonds is 3. The van der Waals surface area contributed by atoms with Crippen molar-refractivity contribution in [2.24, 2.45) is 0 Å². The van der Waals surface area contributed by atoms with E-state index >= 15 is 0 Å². The third-order valence-electron chi connectivity index (χ3n) is 2.51. The topological polar surface area (TPSA) is 66.6 Å². The van der Waals surface area contributed by atoms with E-state index in [0.717, 1.165) is 12.1 Å². The Morgan fingerprint density at radius 1 is 1.32 bits per heavy atom. The zero-order valence-corrected chi connectivity index (χ0v) is 10.1. The third kappa shape index (κ3) is 2.40. The molecule has 7 heteroatoms. The number of halogens is 2. The van der Waals surface area contributed by atoms with Crippen molar-refractivity contribution >= 4 is 11.7 Å². The van der Waals surface area contributed by atoms with E-state index in [4.69, 9.17) is 5.11 Å². The highest BCUT2D eigenvalue weighted by Crippen LogP contribution is 2.28. The van der Waals surface area contributed by atoms with E-state index in [9.17, 15) is 13.6 Å². The summed E-state index contributed by atoms with van der Waals surface area (Å²) in [4.78, 5) is 12.1. The van der Waals surface area contributed by atoms with Crippen LogP contribution in [0.25, 0.3) is 11.3 Å². The van der Waals surface area contributed by atoms with Gasteiger partial charge in [0.05, 0.1) is 5.69 Å². The first kappa shape index (κ1) is 13.0. The molecule has 1 aromatic heterocycles. The lowest BCUT2D eigenvalue weighted by atomic mass is 10.1. The molecule has 100 valence electrons. The largest absolute Gasteiger partial charge is 0.475 e. The summed E-state index contributed by atoms with van der Waals surface area (Å²) in [6, 6.07) is 3.45. The van der Waals surface area contributed by atoms with Gasteiger partial charge in [0.25, 0.3) is 0 Å². The highest BCUT2D eigenvalue weighted by atomic mass is 19.2. The highest BCUT2D eigenvalue weighted by molar-refractivity contribution is 5.85. The van der Waals surface area contributed by atoms with E-state index in [1.54, 1.807) is 14.1 Å². The average Bonchev–Trinajstić information content (AvgIpc) is 2.81. The maximum atomic E-state index is 13.5. The van der Waals surface area contributed by atoms with Crippen molar-refractivity contribution < 1.29 is 23.2 Å². The van der Waals surface area contributed by atoms with Gasteiger partial charge in [0.15, 0.2) is 11.6 Å². The number of anilines is 1. The highest BCUT2D eigenvalue weighted by Gasteiger charge is 2.17. The van der Waals surface area contributed by atoms with E-state index in [2.05, 4.69) is 9.68 Å². The zero-order chi connectivity index (χ0) is 14.2. The van der Waals surface area contributed by atoms with Crippen LogP contribution in [0.4, 0.5) is 14.5 Å². The Balaban J connectivity index is 2.53. The SMILES string of the molecule is CN(C)c1cc(-c2cc(C(=O)O)on2)cc(F)c1F. The molecule has 0 amide bonds. The number of nitrogens with zero attached hydrogens (tertiary/aromatic N) is 2. The van der Waals surface area contributed by atoms with E-state index in [-0.39, 0.29) is 22.7 Å². The summed E-state index contributed by atoms with van der Waals surface area (Å²) in [6.07, 6.45) is 0. The van der Waals surface area contributed by atoms with Crippen molar-refractivity contribution in [3.05, 3.63) is 35.6 Å². The monoisotopic (exact) mass is 268 g/mol. The van der Waals surface area contributed by atoms with Crippen LogP contribution in [0.5, 0.6) is 0 Å². The summed E-state index contributed by atoms with van der Waals surface area (Å²) in [5, 5.41) is 12.2. The number of carbonyl (C=O) groups is 1. The lowest BCUT2D eigenvalue weighted by molar-refractivity contribution is 0.0652. The van der Waals surface area contributed by atoms with Crippen molar-refractivity contribution in [2.45, 2.75) is 0 Å². The molecule has 0 spiro atoms. The minimum atomic E-state index is -1.28. The Morgan fingerprint density at radius 3 is 2.53 bits per heavy atom. The molecule has 0 radical (unpaired) electrons. The number of carboxylic acids is 1. The van der Waals surface area contributed by atoms with Gasteiger partial charge in [-0.05, 0) is 12.1 Å². The van der Waals surface area contributed by atoms with Crippen molar-refractivity contribution in [3.8, 4) is 11.3 Å². The van der Waals surface area contributed by atoms with Crippen LogP contribution < -0.4 is 4.90 Å². The molecule has 1 heterocycles.